The molecular formula is C16H22ClF3N2O4. The van der Waals surface area contributed by atoms with Crippen LogP contribution in [-0.4, -0.2) is 31.4 Å². The van der Waals surface area contributed by atoms with Crippen LogP contribution in [0, 0.1) is 5.92 Å². The highest BCUT2D eigenvalue weighted by Gasteiger charge is 2.31. The number of nitrogens with one attached hydrogen (secondary N) is 1. The fraction of sp³-hybridized carbons (Fsp3) is 0.500. The Labute approximate surface area is 155 Å². The standard InChI is InChI=1S/C16H21F3N2O4.ClH/c1-9(10(2)20)15(23)21-13(8-14(22)24-3)11-4-6-12(7-5-11)25-16(17,18)19;/h4-7,9-10,13H,8,20H2,1-3H3,(H,21,23);1H. The largest absolute Gasteiger partial charge is 0.573 e. The molecule has 1 aromatic rings. The zero-order chi connectivity index (χ0) is 19.2. The predicted octanol–water partition coefficient (Wildman–Crippen LogP) is 2.71. The number of carbonyl (C=O) groups excluding carboxylic acids is 2. The molecule has 3 atom stereocenters. The molecule has 0 heterocycles. The van der Waals surface area contributed by atoms with Crippen LogP contribution in [0.3, 0.4) is 0 Å². The predicted molar refractivity (Wildman–Crippen MR) is 90.7 cm³/mol. The third kappa shape index (κ3) is 7.92. The van der Waals surface area contributed by atoms with Gasteiger partial charge in [-0.15, -0.1) is 25.6 Å². The minimum absolute atomic E-state index is 0. The zero-order valence-electron chi connectivity index (χ0n) is 14.5. The number of hydrogen-bond acceptors (Lipinski definition) is 5. The second-order valence-corrected chi connectivity index (χ2v) is 5.61. The van der Waals surface area contributed by atoms with Crippen LogP contribution in [-0.2, 0) is 14.3 Å². The first-order valence-electron chi connectivity index (χ1n) is 7.52. The molecule has 0 aliphatic rings. The van der Waals surface area contributed by atoms with Crippen molar-refractivity contribution in [3.05, 3.63) is 29.8 Å². The van der Waals surface area contributed by atoms with Crippen molar-refractivity contribution >= 4 is 24.3 Å². The van der Waals surface area contributed by atoms with Gasteiger partial charge in [0.05, 0.1) is 19.6 Å². The van der Waals surface area contributed by atoms with Crippen molar-refractivity contribution in [2.75, 3.05) is 7.11 Å². The van der Waals surface area contributed by atoms with E-state index in [1.54, 1.807) is 13.8 Å². The summed E-state index contributed by atoms with van der Waals surface area (Å²) in [5.41, 5.74) is 6.12. The summed E-state index contributed by atoms with van der Waals surface area (Å²) in [6.07, 6.45) is -4.97. The van der Waals surface area contributed by atoms with Crippen molar-refractivity contribution in [1.29, 1.82) is 0 Å². The number of alkyl halides is 3. The molecule has 0 aromatic heterocycles. The number of carbonyl (C=O) groups is 2. The molecule has 1 amide bonds. The van der Waals surface area contributed by atoms with Crippen molar-refractivity contribution in [2.24, 2.45) is 11.7 Å². The Morgan fingerprint density at radius 3 is 2.15 bits per heavy atom. The molecule has 3 N–H and O–H groups in total. The Balaban J connectivity index is 0.00000625. The van der Waals surface area contributed by atoms with E-state index in [4.69, 9.17) is 5.73 Å². The van der Waals surface area contributed by atoms with E-state index in [9.17, 15) is 22.8 Å². The maximum Gasteiger partial charge on any atom is 0.573 e. The first-order valence-corrected chi connectivity index (χ1v) is 7.52. The Hall–Kier alpha value is -2.00. The molecule has 0 bridgehead atoms. The van der Waals surface area contributed by atoms with E-state index in [2.05, 4.69) is 14.8 Å². The molecule has 0 saturated heterocycles. The van der Waals surface area contributed by atoms with Crippen molar-refractivity contribution < 1.29 is 32.2 Å². The third-order valence-corrected chi connectivity index (χ3v) is 3.63. The summed E-state index contributed by atoms with van der Waals surface area (Å²) < 4.78 is 45.0. The van der Waals surface area contributed by atoms with Crippen LogP contribution < -0.4 is 15.8 Å². The minimum Gasteiger partial charge on any atom is -0.469 e. The van der Waals surface area contributed by atoms with E-state index >= 15 is 0 Å². The number of rotatable bonds is 7. The Morgan fingerprint density at radius 2 is 1.73 bits per heavy atom. The van der Waals surface area contributed by atoms with E-state index in [-0.39, 0.29) is 24.7 Å². The summed E-state index contributed by atoms with van der Waals surface area (Å²) in [7, 11) is 1.20. The highest BCUT2D eigenvalue weighted by Crippen LogP contribution is 2.26. The van der Waals surface area contributed by atoms with Crippen LogP contribution in [0.1, 0.15) is 31.9 Å². The normalized spacial score (nSPS) is 14.4. The molecule has 6 nitrogen and oxygen atoms in total. The highest BCUT2D eigenvalue weighted by atomic mass is 35.5. The van der Waals surface area contributed by atoms with Crippen molar-refractivity contribution in [1.82, 2.24) is 5.32 Å². The number of benzene rings is 1. The number of nitrogens with two attached hydrogens (primary N) is 1. The van der Waals surface area contributed by atoms with Crippen LogP contribution in [0.25, 0.3) is 0 Å². The van der Waals surface area contributed by atoms with Gasteiger partial charge in [0.2, 0.25) is 5.91 Å². The molecular weight excluding hydrogens is 377 g/mol. The topological polar surface area (TPSA) is 90.7 Å². The van der Waals surface area contributed by atoms with Crippen molar-refractivity contribution in [3.63, 3.8) is 0 Å². The van der Waals surface area contributed by atoms with E-state index in [1.807, 2.05) is 0 Å². The molecule has 3 unspecified atom stereocenters. The lowest BCUT2D eigenvalue weighted by Crippen LogP contribution is -2.40. The summed E-state index contributed by atoms with van der Waals surface area (Å²) in [6.45, 7) is 3.30. The lowest BCUT2D eigenvalue weighted by atomic mass is 9.99. The van der Waals surface area contributed by atoms with Gasteiger partial charge in [-0.2, -0.15) is 0 Å². The number of amides is 1. The average Bonchev–Trinajstić information content (AvgIpc) is 2.52. The smallest absolute Gasteiger partial charge is 0.469 e. The van der Waals surface area contributed by atoms with E-state index in [0.717, 1.165) is 12.1 Å². The lowest BCUT2D eigenvalue weighted by molar-refractivity contribution is -0.274. The summed E-state index contributed by atoms with van der Waals surface area (Å²) in [6, 6.07) is 3.72. The van der Waals surface area contributed by atoms with Gasteiger partial charge in [-0.05, 0) is 24.6 Å². The number of halogens is 4. The van der Waals surface area contributed by atoms with Crippen LogP contribution in [0.15, 0.2) is 24.3 Å². The molecule has 0 aliphatic carbocycles. The maximum absolute atomic E-state index is 12.2. The molecule has 0 spiro atoms. The van der Waals surface area contributed by atoms with Gasteiger partial charge < -0.3 is 20.5 Å². The van der Waals surface area contributed by atoms with Crippen LogP contribution in [0.5, 0.6) is 5.75 Å². The van der Waals surface area contributed by atoms with Crippen LogP contribution in [0.2, 0.25) is 0 Å². The second kappa shape index (κ2) is 10.2. The molecule has 0 aliphatic heterocycles. The number of hydrogen-bond donors (Lipinski definition) is 2. The lowest BCUT2D eigenvalue weighted by Gasteiger charge is -2.22. The third-order valence-electron chi connectivity index (χ3n) is 3.63. The second-order valence-electron chi connectivity index (χ2n) is 5.61. The van der Waals surface area contributed by atoms with Gasteiger partial charge >= 0.3 is 12.3 Å². The van der Waals surface area contributed by atoms with Gasteiger partial charge in [-0.3, -0.25) is 9.59 Å². The quantitative estimate of drug-likeness (QED) is 0.689. The van der Waals surface area contributed by atoms with Gasteiger partial charge in [-0.25, -0.2) is 0 Å². The fourth-order valence-electron chi connectivity index (χ4n) is 1.95. The average molecular weight is 399 g/mol. The van der Waals surface area contributed by atoms with Gasteiger partial charge in [0, 0.05) is 12.0 Å². The Bertz CT molecular complexity index is 594. The van der Waals surface area contributed by atoms with E-state index in [1.165, 1.54) is 19.2 Å². The van der Waals surface area contributed by atoms with Gasteiger partial charge in [0.25, 0.3) is 0 Å². The van der Waals surface area contributed by atoms with Gasteiger partial charge in [0.1, 0.15) is 5.75 Å². The molecule has 10 heteroatoms. The van der Waals surface area contributed by atoms with Gasteiger partial charge in [-0.1, -0.05) is 19.1 Å². The van der Waals surface area contributed by atoms with Crippen molar-refractivity contribution in [2.45, 2.75) is 38.7 Å². The molecule has 0 fully saturated rings. The summed E-state index contributed by atoms with van der Waals surface area (Å²) in [5.74, 6) is -1.86. The molecule has 0 radical (unpaired) electrons. The zero-order valence-corrected chi connectivity index (χ0v) is 15.3. The monoisotopic (exact) mass is 398 g/mol. The molecule has 26 heavy (non-hydrogen) atoms. The molecule has 0 saturated carbocycles. The van der Waals surface area contributed by atoms with Gasteiger partial charge in [0.15, 0.2) is 0 Å². The first-order chi connectivity index (χ1) is 11.5. The summed E-state index contributed by atoms with van der Waals surface area (Å²) in [5, 5.41) is 2.66. The summed E-state index contributed by atoms with van der Waals surface area (Å²) in [4.78, 5) is 23.7. The van der Waals surface area contributed by atoms with Crippen LogP contribution in [0.4, 0.5) is 13.2 Å². The molecule has 1 rings (SSSR count). The van der Waals surface area contributed by atoms with E-state index < -0.39 is 36.1 Å². The number of ether oxygens (including phenoxy) is 2. The minimum atomic E-state index is -4.80. The number of esters is 1. The van der Waals surface area contributed by atoms with E-state index in [0.29, 0.717) is 5.56 Å². The van der Waals surface area contributed by atoms with Crippen molar-refractivity contribution in [3.8, 4) is 5.75 Å². The SMILES string of the molecule is COC(=O)CC(NC(=O)C(C)C(C)N)c1ccc(OC(F)(F)F)cc1.Cl. The molecule has 148 valence electrons. The van der Waals surface area contributed by atoms with Crippen LogP contribution >= 0.6 is 12.4 Å². The first kappa shape index (κ1) is 24.0. The molecule has 1 aromatic carbocycles. The Kier molecular flexibility index (Phi) is 9.44. The maximum atomic E-state index is 12.2. The summed E-state index contributed by atoms with van der Waals surface area (Å²) >= 11 is 0. The number of methoxy groups -OCH3 is 1. The Morgan fingerprint density at radius 1 is 1.19 bits per heavy atom. The highest BCUT2D eigenvalue weighted by molar-refractivity contribution is 5.85. The fourth-order valence-corrected chi connectivity index (χ4v) is 1.95.